The number of rotatable bonds is 6. The number of piperidine rings is 1. The molecule has 2 saturated heterocycles. The Hall–Kier alpha value is -2.55. The minimum absolute atomic E-state index is 0.0438. The van der Waals surface area contributed by atoms with Crippen LogP contribution in [-0.4, -0.2) is 61.1 Å². The predicted octanol–water partition coefficient (Wildman–Crippen LogP) is 3.20. The SMILES string of the molecule is CC(C)c1cnc(N2CCC(N3CC[C@H](Cc4ccc(S(C)(=O)=O)cc4F)C3=O)CC2)nc1. The fraction of sp³-hybridized carbons (Fsp3) is 0.542. The molecule has 2 aliphatic rings. The summed E-state index contributed by atoms with van der Waals surface area (Å²) in [5, 5.41) is 0. The van der Waals surface area contributed by atoms with Gasteiger partial charge in [-0.1, -0.05) is 19.9 Å². The third-order valence-corrected chi connectivity index (χ3v) is 7.89. The first-order valence-electron chi connectivity index (χ1n) is 11.5. The maximum atomic E-state index is 14.5. The lowest BCUT2D eigenvalue weighted by atomic mass is 9.97. The number of hydrogen-bond donors (Lipinski definition) is 0. The maximum Gasteiger partial charge on any atom is 0.226 e. The molecule has 1 amide bonds. The Morgan fingerprint density at radius 3 is 2.33 bits per heavy atom. The first kappa shape index (κ1) is 23.6. The molecule has 0 saturated carbocycles. The van der Waals surface area contributed by atoms with E-state index in [-0.39, 0.29) is 22.8 Å². The van der Waals surface area contributed by atoms with Crippen LogP contribution in [0.2, 0.25) is 0 Å². The van der Waals surface area contributed by atoms with Gasteiger partial charge >= 0.3 is 0 Å². The van der Waals surface area contributed by atoms with Crippen molar-refractivity contribution >= 4 is 21.7 Å². The summed E-state index contributed by atoms with van der Waals surface area (Å²) >= 11 is 0. The van der Waals surface area contributed by atoms with Crippen molar-refractivity contribution < 1.29 is 17.6 Å². The molecule has 178 valence electrons. The zero-order chi connectivity index (χ0) is 23.8. The van der Waals surface area contributed by atoms with E-state index in [1.54, 1.807) is 0 Å². The molecule has 0 radical (unpaired) electrons. The molecule has 2 fully saturated rings. The number of nitrogens with zero attached hydrogens (tertiary/aromatic N) is 4. The maximum absolute atomic E-state index is 14.5. The summed E-state index contributed by atoms with van der Waals surface area (Å²) in [5.41, 5.74) is 1.50. The summed E-state index contributed by atoms with van der Waals surface area (Å²) in [6, 6.07) is 4.13. The second kappa shape index (κ2) is 9.37. The van der Waals surface area contributed by atoms with Crippen LogP contribution in [0.15, 0.2) is 35.5 Å². The highest BCUT2D eigenvalue weighted by Gasteiger charge is 2.37. The van der Waals surface area contributed by atoms with E-state index in [1.807, 2.05) is 17.3 Å². The molecule has 0 unspecified atom stereocenters. The number of aromatic nitrogens is 2. The molecule has 0 spiro atoms. The van der Waals surface area contributed by atoms with Gasteiger partial charge in [0.05, 0.1) is 4.90 Å². The van der Waals surface area contributed by atoms with Gasteiger partial charge in [-0.25, -0.2) is 22.8 Å². The molecule has 0 bridgehead atoms. The van der Waals surface area contributed by atoms with Gasteiger partial charge in [0.25, 0.3) is 0 Å². The van der Waals surface area contributed by atoms with Gasteiger partial charge in [-0.15, -0.1) is 0 Å². The van der Waals surface area contributed by atoms with Crippen LogP contribution in [0.1, 0.15) is 50.2 Å². The number of benzene rings is 1. The Morgan fingerprint density at radius 2 is 1.76 bits per heavy atom. The number of hydrogen-bond acceptors (Lipinski definition) is 6. The summed E-state index contributed by atoms with van der Waals surface area (Å²) in [6.07, 6.45) is 7.50. The van der Waals surface area contributed by atoms with Crippen LogP contribution < -0.4 is 4.90 Å². The fourth-order valence-electron chi connectivity index (χ4n) is 4.67. The number of carbonyl (C=O) groups excluding carboxylic acids is 1. The van der Waals surface area contributed by atoms with Gasteiger partial charge in [-0.3, -0.25) is 4.79 Å². The first-order valence-corrected chi connectivity index (χ1v) is 13.4. The Morgan fingerprint density at radius 1 is 1.09 bits per heavy atom. The molecule has 1 aromatic heterocycles. The van der Waals surface area contributed by atoms with Gasteiger partial charge in [0, 0.05) is 50.2 Å². The van der Waals surface area contributed by atoms with Gasteiger partial charge < -0.3 is 9.80 Å². The summed E-state index contributed by atoms with van der Waals surface area (Å²) in [7, 11) is -3.46. The van der Waals surface area contributed by atoms with Gasteiger partial charge in [-0.05, 0) is 54.9 Å². The van der Waals surface area contributed by atoms with Crippen molar-refractivity contribution in [2.24, 2.45) is 5.92 Å². The molecule has 33 heavy (non-hydrogen) atoms. The quantitative estimate of drug-likeness (QED) is 0.639. The largest absolute Gasteiger partial charge is 0.341 e. The van der Waals surface area contributed by atoms with Crippen molar-refractivity contribution in [3.8, 4) is 0 Å². The van der Waals surface area contributed by atoms with Gasteiger partial charge in [0.2, 0.25) is 11.9 Å². The van der Waals surface area contributed by atoms with Crippen molar-refractivity contribution in [1.82, 2.24) is 14.9 Å². The Bertz CT molecular complexity index is 1110. The first-order chi connectivity index (χ1) is 15.6. The van der Waals surface area contributed by atoms with Crippen LogP contribution in [0.25, 0.3) is 0 Å². The van der Waals surface area contributed by atoms with Crippen molar-refractivity contribution in [1.29, 1.82) is 0 Å². The van der Waals surface area contributed by atoms with E-state index in [2.05, 4.69) is 28.7 Å². The normalized spacial score (nSPS) is 20.2. The number of halogens is 1. The Kier molecular flexibility index (Phi) is 6.70. The van der Waals surface area contributed by atoms with Crippen LogP contribution in [0, 0.1) is 11.7 Å². The van der Waals surface area contributed by atoms with E-state index in [1.165, 1.54) is 12.1 Å². The van der Waals surface area contributed by atoms with Gasteiger partial charge in [0.15, 0.2) is 9.84 Å². The molecule has 9 heteroatoms. The highest BCUT2D eigenvalue weighted by molar-refractivity contribution is 7.90. The zero-order valence-corrected chi connectivity index (χ0v) is 20.2. The Labute approximate surface area is 194 Å². The van der Waals surface area contributed by atoms with Crippen molar-refractivity contribution in [2.45, 2.75) is 56.4 Å². The van der Waals surface area contributed by atoms with E-state index >= 15 is 0 Å². The van der Waals surface area contributed by atoms with Crippen LogP contribution in [0.4, 0.5) is 10.3 Å². The fourth-order valence-corrected chi connectivity index (χ4v) is 5.31. The molecule has 2 aromatic rings. The molecule has 3 heterocycles. The third kappa shape index (κ3) is 5.18. The Balaban J connectivity index is 1.34. The third-order valence-electron chi connectivity index (χ3n) is 6.78. The summed E-state index contributed by atoms with van der Waals surface area (Å²) < 4.78 is 37.7. The standard InChI is InChI=1S/C24H31FN4O3S/c1-16(2)19-14-26-24(27-15-19)28-9-7-20(8-10-28)29-11-6-18(23(29)30)12-17-4-5-21(13-22(17)25)33(3,31)32/h4-5,13-16,18,20H,6-12H2,1-3H3/t18-/m1/s1. The highest BCUT2D eigenvalue weighted by atomic mass is 32.2. The molecule has 0 N–H and O–H groups in total. The van der Waals surface area contributed by atoms with Gasteiger partial charge in [-0.2, -0.15) is 0 Å². The van der Waals surface area contributed by atoms with E-state index in [9.17, 15) is 17.6 Å². The predicted molar refractivity (Wildman–Crippen MR) is 124 cm³/mol. The van der Waals surface area contributed by atoms with Crippen molar-refractivity contribution in [3.63, 3.8) is 0 Å². The van der Waals surface area contributed by atoms with E-state index in [4.69, 9.17) is 0 Å². The highest BCUT2D eigenvalue weighted by Crippen LogP contribution is 2.30. The number of likely N-dealkylation sites (tertiary alicyclic amines) is 1. The average molecular weight is 475 g/mol. The minimum atomic E-state index is -3.46. The van der Waals surface area contributed by atoms with E-state index in [0.29, 0.717) is 30.9 Å². The summed E-state index contributed by atoms with van der Waals surface area (Å²) in [6.45, 7) is 6.49. The van der Waals surface area contributed by atoms with Crippen LogP contribution in [-0.2, 0) is 21.1 Å². The van der Waals surface area contributed by atoms with Crippen molar-refractivity contribution in [2.75, 3.05) is 30.8 Å². The van der Waals surface area contributed by atoms with Crippen LogP contribution in [0.3, 0.4) is 0 Å². The summed E-state index contributed by atoms with van der Waals surface area (Å²) in [5.74, 6) is 0.355. The second-order valence-corrected chi connectivity index (χ2v) is 11.5. The molecule has 7 nitrogen and oxygen atoms in total. The molecule has 1 atom stereocenters. The molecular weight excluding hydrogens is 443 g/mol. The van der Waals surface area contributed by atoms with Crippen molar-refractivity contribution in [3.05, 3.63) is 47.5 Å². The van der Waals surface area contributed by atoms with E-state index < -0.39 is 15.7 Å². The molecule has 0 aliphatic carbocycles. The molecule has 1 aromatic carbocycles. The topological polar surface area (TPSA) is 83.5 Å². The lowest BCUT2D eigenvalue weighted by Crippen LogP contribution is -2.46. The molecular formula is C24H31FN4O3S. The van der Waals surface area contributed by atoms with Crippen LogP contribution in [0.5, 0.6) is 0 Å². The smallest absolute Gasteiger partial charge is 0.226 e. The number of amides is 1. The molecule has 2 aliphatic heterocycles. The minimum Gasteiger partial charge on any atom is -0.341 e. The number of sulfone groups is 1. The lowest BCUT2D eigenvalue weighted by molar-refractivity contribution is -0.133. The summed E-state index contributed by atoms with van der Waals surface area (Å²) in [4.78, 5) is 26.2. The number of anilines is 1. The molecule has 4 rings (SSSR count). The number of carbonyl (C=O) groups is 1. The van der Waals surface area contributed by atoms with Crippen LogP contribution >= 0.6 is 0 Å². The lowest BCUT2D eigenvalue weighted by Gasteiger charge is -2.37. The van der Waals surface area contributed by atoms with Gasteiger partial charge in [0.1, 0.15) is 5.82 Å². The average Bonchev–Trinajstić information content (AvgIpc) is 3.14. The zero-order valence-electron chi connectivity index (χ0n) is 19.4. The van der Waals surface area contributed by atoms with E-state index in [0.717, 1.165) is 49.8 Å². The monoisotopic (exact) mass is 474 g/mol. The second-order valence-electron chi connectivity index (χ2n) is 9.44.